The highest BCUT2D eigenvalue weighted by Gasteiger charge is 2.30. The van der Waals surface area contributed by atoms with E-state index in [1.165, 1.54) is 6.42 Å². The van der Waals surface area contributed by atoms with Crippen molar-refractivity contribution in [3.63, 3.8) is 0 Å². The molecule has 1 rings (SSSR count). The molecule has 0 spiro atoms. The third-order valence-corrected chi connectivity index (χ3v) is 1.82. The summed E-state index contributed by atoms with van der Waals surface area (Å²) < 4.78 is 0. The van der Waals surface area contributed by atoms with Gasteiger partial charge in [0.1, 0.15) is 0 Å². The molecule has 7 heavy (non-hydrogen) atoms. The molecular formula is C7H10. The summed E-state index contributed by atoms with van der Waals surface area (Å²) in [5.74, 6) is 0. The van der Waals surface area contributed by atoms with E-state index in [4.69, 9.17) is 6.58 Å². The largest absolute Gasteiger partial charge is 0.0561 e. The smallest absolute Gasteiger partial charge is 0.0102 e. The molecule has 38 valence electrons. The number of hydrogen-bond donors (Lipinski definition) is 0. The molecule has 0 unspecified atom stereocenters. The molecule has 1 saturated carbocycles. The third kappa shape index (κ3) is 0.583. The summed E-state index contributed by atoms with van der Waals surface area (Å²) in [7, 11) is 0. The second kappa shape index (κ2) is 1.12. The van der Waals surface area contributed by atoms with Crippen LogP contribution in [0, 0.1) is 12.0 Å². The van der Waals surface area contributed by atoms with Crippen LogP contribution < -0.4 is 0 Å². The standard InChI is InChI=1S/C7H10/c1-6-4-5-7(6,2)3/h4-5H2,2-3H3. The van der Waals surface area contributed by atoms with Crippen molar-refractivity contribution in [3.8, 4) is 0 Å². The highest BCUT2D eigenvalue weighted by Crippen LogP contribution is 2.43. The van der Waals surface area contributed by atoms with Crippen LogP contribution in [0.3, 0.4) is 0 Å². The van der Waals surface area contributed by atoms with E-state index in [1.807, 2.05) is 0 Å². The van der Waals surface area contributed by atoms with Crippen molar-refractivity contribution in [2.75, 3.05) is 0 Å². The van der Waals surface area contributed by atoms with Gasteiger partial charge in [0.15, 0.2) is 0 Å². The zero-order chi connectivity index (χ0) is 5.49. The Morgan fingerprint density at radius 2 is 2.00 bits per heavy atom. The first-order valence-electron chi connectivity index (χ1n) is 2.71. The lowest BCUT2D eigenvalue weighted by atomic mass is 9.68. The van der Waals surface area contributed by atoms with Crippen molar-refractivity contribution < 1.29 is 0 Å². The quantitative estimate of drug-likeness (QED) is 0.431. The third-order valence-electron chi connectivity index (χ3n) is 1.82. The Bertz CT molecular complexity index is 98.6. The van der Waals surface area contributed by atoms with Crippen molar-refractivity contribution in [2.45, 2.75) is 26.7 Å². The van der Waals surface area contributed by atoms with E-state index in [0.29, 0.717) is 0 Å². The maximum Gasteiger partial charge on any atom is -0.0102 e. The molecule has 1 aliphatic carbocycles. The number of hydrogen-bond acceptors (Lipinski definition) is 0. The number of rotatable bonds is 0. The molecule has 0 nitrogen and oxygen atoms in total. The average molecular weight is 94.2 g/mol. The van der Waals surface area contributed by atoms with Crippen molar-refractivity contribution in [2.24, 2.45) is 5.41 Å². The second-order valence-corrected chi connectivity index (χ2v) is 2.86. The SMILES string of the molecule is [C]=C1CCC1(C)C. The van der Waals surface area contributed by atoms with E-state index in [-0.39, 0.29) is 5.41 Å². The summed E-state index contributed by atoms with van der Waals surface area (Å²) in [5.41, 5.74) is 1.19. The lowest BCUT2D eigenvalue weighted by molar-refractivity contribution is 0.306. The Balaban J connectivity index is 2.59. The normalized spacial score (nSPS) is 26.9. The molecule has 1 aliphatic rings. The molecule has 0 aromatic rings. The summed E-state index contributed by atoms with van der Waals surface area (Å²) in [6, 6.07) is 0. The fourth-order valence-corrected chi connectivity index (χ4v) is 0.750. The molecule has 1 fully saturated rings. The minimum absolute atomic E-state index is 0.264. The van der Waals surface area contributed by atoms with Crippen LogP contribution in [0.5, 0.6) is 0 Å². The van der Waals surface area contributed by atoms with Crippen molar-refractivity contribution in [1.29, 1.82) is 0 Å². The molecule has 0 saturated heterocycles. The van der Waals surface area contributed by atoms with Gasteiger partial charge in [-0.2, -0.15) is 0 Å². The molecule has 0 bridgehead atoms. The fourth-order valence-electron chi connectivity index (χ4n) is 0.750. The number of allylic oxidation sites excluding steroid dienone is 1. The van der Waals surface area contributed by atoms with Crippen LogP contribution in [0.2, 0.25) is 0 Å². The maximum absolute atomic E-state index is 7.23. The molecule has 0 aliphatic heterocycles. The Morgan fingerprint density at radius 1 is 1.57 bits per heavy atom. The Kier molecular flexibility index (Phi) is 0.781. The van der Waals surface area contributed by atoms with Gasteiger partial charge in [0, 0.05) is 0 Å². The molecule has 2 radical (unpaired) electrons. The highest BCUT2D eigenvalue weighted by atomic mass is 14.3. The minimum Gasteiger partial charge on any atom is -0.0561 e. The first-order chi connectivity index (χ1) is 3.13. The molecule has 0 aromatic heterocycles. The molecule has 0 atom stereocenters. The predicted molar refractivity (Wildman–Crippen MR) is 29.8 cm³/mol. The summed E-state index contributed by atoms with van der Waals surface area (Å²) in [5, 5.41) is 0. The van der Waals surface area contributed by atoms with E-state index in [0.717, 1.165) is 12.0 Å². The van der Waals surface area contributed by atoms with Gasteiger partial charge in [-0.05, 0) is 24.8 Å². The van der Waals surface area contributed by atoms with Gasteiger partial charge in [-0.15, -0.1) is 0 Å². The monoisotopic (exact) mass is 94.1 g/mol. The van der Waals surface area contributed by atoms with Gasteiger partial charge in [0.2, 0.25) is 0 Å². The van der Waals surface area contributed by atoms with Gasteiger partial charge in [-0.1, -0.05) is 19.4 Å². The van der Waals surface area contributed by atoms with E-state index in [1.54, 1.807) is 0 Å². The topological polar surface area (TPSA) is 0 Å². The first kappa shape index (κ1) is 4.89. The first-order valence-corrected chi connectivity index (χ1v) is 2.71. The van der Waals surface area contributed by atoms with Crippen LogP contribution in [0.1, 0.15) is 26.7 Å². The van der Waals surface area contributed by atoms with Gasteiger partial charge in [0.25, 0.3) is 0 Å². The van der Waals surface area contributed by atoms with Gasteiger partial charge < -0.3 is 0 Å². The van der Waals surface area contributed by atoms with E-state index in [2.05, 4.69) is 13.8 Å². The van der Waals surface area contributed by atoms with Crippen molar-refractivity contribution >= 4 is 0 Å². The second-order valence-electron chi connectivity index (χ2n) is 2.86. The van der Waals surface area contributed by atoms with Crippen LogP contribution in [0.4, 0.5) is 0 Å². The van der Waals surface area contributed by atoms with E-state index >= 15 is 0 Å². The Morgan fingerprint density at radius 3 is 2.00 bits per heavy atom. The summed E-state index contributed by atoms with van der Waals surface area (Å²) in [6.45, 7) is 11.5. The molecule has 0 N–H and O–H groups in total. The van der Waals surface area contributed by atoms with Gasteiger partial charge >= 0.3 is 0 Å². The predicted octanol–water partition coefficient (Wildman–Crippen LogP) is 2.04. The van der Waals surface area contributed by atoms with E-state index in [9.17, 15) is 0 Å². The summed E-state index contributed by atoms with van der Waals surface area (Å²) in [6.07, 6.45) is 2.25. The van der Waals surface area contributed by atoms with Crippen LogP contribution in [-0.4, -0.2) is 0 Å². The van der Waals surface area contributed by atoms with Crippen molar-refractivity contribution in [1.82, 2.24) is 0 Å². The lowest BCUT2D eigenvalue weighted by Gasteiger charge is -2.36. The summed E-state index contributed by atoms with van der Waals surface area (Å²) >= 11 is 0. The average Bonchev–Trinajstić information content (AvgIpc) is 1.63. The van der Waals surface area contributed by atoms with Crippen molar-refractivity contribution in [3.05, 3.63) is 12.2 Å². The summed E-state index contributed by atoms with van der Waals surface area (Å²) in [4.78, 5) is 0. The van der Waals surface area contributed by atoms with Gasteiger partial charge in [-0.3, -0.25) is 0 Å². The van der Waals surface area contributed by atoms with Gasteiger partial charge in [0.05, 0.1) is 0 Å². The molecule has 0 heteroatoms. The van der Waals surface area contributed by atoms with Crippen LogP contribution in [-0.2, 0) is 0 Å². The zero-order valence-corrected chi connectivity index (χ0v) is 4.91. The highest BCUT2D eigenvalue weighted by molar-refractivity contribution is 5.14. The lowest BCUT2D eigenvalue weighted by Crippen LogP contribution is -2.23. The molecular weight excluding hydrogens is 84.1 g/mol. The fraction of sp³-hybridized carbons (Fsp3) is 0.714. The Labute approximate surface area is 45.2 Å². The Hall–Kier alpha value is -0.260. The van der Waals surface area contributed by atoms with Crippen LogP contribution in [0.25, 0.3) is 0 Å². The zero-order valence-electron chi connectivity index (χ0n) is 4.91. The molecule has 0 amide bonds. The minimum atomic E-state index is 0.264. The van der Waals surface area contributed by atoms with Gasteiger partial charge in [-0.25, -0.2) is 0 Å². The maximum atomic E-state index is 7.23. The molecule has 0 aromatic carbocycles. The van der Waals surface area contributed by atoms with Crippen LogP contribution in [0.15, 0.2) is 5.57 Å². The van der Waals surface area contributed by atoms with Crippen LogP contribution >= 0.6 is 0 Å². The molecule has 0 heterocycles. The van der Waals surface area contributed by atoms with E-state index < -0.39 is 0 Å².